The Bertz CT molecular complexity index is 1300. The zero-order chi connectivity index (χ0) is 24.8. The molecular weight excluding hydrogens is 582 g/mol. The summed E-state index contributed by atoms with van der Waals surface area (Å²) in [5.41, 5.74) is 1.94. The standard InChI is InChI=1S/C26H22FIN2O4S/c1-3-33-22-13-16(12-21(28)24(22)34-15-17-6-4-5-7-20(17)27)14-23-25(31)30-26(35-23)29-18-8-10-19(32-2)11-9-18/h4-14H,3,15H2,1-2H3,(H,29,30,31)/b23-14+. The Morgan fingerprint density at radius 2 is 1.89 bits per heavy atom. The van der Waals surface area contributed by atoms with Gasteiger partial charge in [0.1, 0.15) is 18.2 Å². The number of hydrogen-bond acceptors (Lipinski definition) is 6. The van der Waals surface area contributed by atoms with E-state index in [0.29, 0.717) is 39.4 Å². The van der Waals surface area contributed by atoms with Crippen LogP contribution in [0.4, 0.5) is 10.1 Å². The zero-order valence-corrected chi connectivity index (χ0v) is 22.0. The minimum atomic E-state index is -0.321. The molecule has 4 rings (SSSR count). The van der Waals surface area contributed by atoms with Crippen molar-refractivity contribution in [3.8, 4) is 17.2 Å². The van der Waals surface area contributed by atoms with Crippen LogP contribution in [0, 0.1) is 9.39 Å². The fraction of sp³-hybridized carbons (Fsp3) is 0.154. The number of carbonyl (C=O) groups is 1. The predicted octanol–water partition coefficient (Wildman–Crippen LogP) is 6.31. The number of rotatable bonds is 8. The third-order valence-corrected chi connectivity index (χ3v) is 6.62. The third kappa shape index (κ3) is 6.34. The molecule has 180 valence electrons. The largest absolute Gasteiger partial charge is 0.497 e. The van der Waals surface area contributed by atoms with Gasteiger partial charge in [-0.3, -0.25) is 4.79 Å². The minimum Gasteiger partial charge on any atom is -0.497 e. The number of hydrogen-bond donors (Lipinski definition) is 1. The predicted molar refractivity (Wildman–Crippen MR) is 145 cm³/mol. The van der Waals surface area contributed by atoms with Crippen LogP contribution in [0.1, 0.15) is 18.1 Å². The molecule has 0 atom stereocenters. The highest BCUT2D eigenvalue weighted by Crippen LogP contribution is 2.37. The molecule has 0 saturated carbocycles. The van der Waals surface area contributed by atoms with Gasteiger partial charge < -0.3 is 19.5 Å². The van der Waals surface area contributed by atoms with E-state index in [1.807, 2.05) is 43.3 Å². The van der Waals surface area contributed by atoms with Gasteiger partial charge in [-0.2, -0.15) is 0 Å². The molecule has 1 aliphatic rings. The second-order valence-electron chi connectivity index (χ2n) is 7.32. The molecule has 1 heterocycles. The maximum atomic E-state index is 14.0. The summed E-state index contributed by atoms with van der Waals surface area (Å²) in [5, 5.41) is 3.29. The van der Waals surface area contributed by atoms with E-state index in [0.717, 1.165) is 14.9 Å². The Kier molecular flexibility index (Phi) is 8.29. The number of ether oxygens (including phenoxy) is 3. The number of benzene rings is 3. The van der Waals surface area contributed by atoms with Gasteiger partial charge in [0.2, 0.25) is 0 Å². The number of amides is 1. The van der Waals surface area contributed by atoms with Crippen molar-refractivity contribution in [1.82, 2.24) is 5.32 Å². The Hall–Kier alpha value is -3.05. The molecule has 0 aliphatic carbocycles. The molecule has 3 aromatic rings. The number of nitrogens with one attached hydrogen (secondary N) is 1. The quantitative estimate of drug-likeness (QED) is 0.241. The van der Waals surface area contributed by atoms with Crippen molar-refractivity contribution in [2.24, 2.45) is 4.99 Å². The summed E-state index contributed by atoms with van der Waals surface area (Å²) in [4.78, 5) is 17.5. The van der Waals surface area contributed by atoms with Gasteiger partial charge in [0.15, 0.2) is 16.7 Å². The van der Waals surface area contributed by atoms with E-state index in [2.05, 4.69) is 32.9 Å². The maximum absolute atomic E-state index is 14.0. The average Bonchev–Trinajstić information content (AvgIpc) is 3.18. The van der Waals surface area contributed by atoms with Gasteiger partial charge in [-0.1, -0.05) is 18.2 Å². The van der Waals surface area contributed by atoms with Gasteiger partial charge in [-0.15, -0.1) is 0 Å². The normalized spacial score (nSPS) is 15.4. The van der Waals surface area contributed by atoms with Crippen molar-refractivity contribution >= 4 is 57.2 Å². The lowest BCUT2D eigenvalue weighted by Gasteiger charge is -2.15. The van der Waals surface area contributed by atoms with Crippen LogP contribution in [-0.2, 0) is 11.4 Å². The van der Waals surface area contributed by atoms with Crippen LogP contribution in [0.15, 0.2) is 70.6 Å². The van der Waals surface area contributed by atoms with E-state index in [4.69, 9.17) is 14.2 Å². The molecular formula is C26H22FIN2O4S. The molecule has 1 fully saturated rings. The van der Waals surface area contributed by atoms with E-state index in [9.17, 15) is 9.18 Å². The fourth-order valence-corrected chi connectivity index (χ4v) is 4.87. The smallest absolute Gasteiger partial charge is 0.264 e. The van der Waals surface area contributed by atoms with Crippen molar-refractivity contribution < 1.29 is 23.4 Å². The Morgan fingerprint density at radius 1 is 1.11 bits per heavy atom. The van der Waals surface area contributed by atoms with E-state index >= 15 is 0 Å². The molecule has 0 unspecified atom stereocenters. The van der Waals surface area contributed by atoms with E-state index < -0.39 is 0 Å². The zero-order valence-electron chi connectivity index (χ0n) is 19.0. The summed E-state index contributed by atoms with van der Waals surface area (Å²) in [6, 6.07) is 17.4. The molecule has 9 heteroatoms. The second kappa shape index (κ2) is 11.6. The van der Waals surface area contributed by atoms with Crippen molar-refractivity contribution in [1.29, 1.82) is 0 Å². The molecule has 1 N–H and O–H groups in total. The summed E-state index contributed by atoms with van der Waals surface area (Å²) < 4.78 is 31.7. The summed E-state index contributed by atoms with van der Waals surface area (Å²) in [5.74, 6) is 1.24. The lowest BCUT2D eigenvalue weighted by molar-refractivity contribution is -0.115. The van der Waals surface area contributed by atoms with Gasteiger partial charge in [-0.25, -0.2) is 9.38 Å². The van der Waals surface area contributed by atoms with Gasteiger partial charge >= 0.3 is 0 Å². The monoisotopic (exact) mass is 604 g/mol. The molecule has 35 heavy (non-hydrogen) atoms. The lowest BCUT2D eigenvalue weighted by atomic mass is 10.1. The molecule has 1 saturated heterocycles. The molecule has 1 amide bonds. The van der Waals surface area contributed by atoms with Gasteiger partial charge in [0.25, 0.3) is 5.91 Å². The van der Waals surface area contributed by atoms with Crippen molar-refractivity contribution in [3.63, 3.8) is 0 Å². The topological polar surface area (TPSA) is 69.2 Å². The molecule has 0 bridgehead atoms. The van der Waals surface area contributed by atoms with E-state index in [1.165, 1.54) is 17.8 Å². The van der Waals surface area contributed by atoms with Crippen LogP contribution in [0.25, 0.3) is 6.08 Å². The molecule has 3 aromatic carbocycles. The fourth-order valence-electron chi connectivity index (χ4n) is 3.25. The first kappa shape index (κ1) is 25.1. The van der Waals surface area contributed by atoms with Gasteiger partial charge in [0.05, 0.1) is 27.9 Å². The molecule has 0 aromatic heterocycles. The average molecular weight is 604 g/mol. The molecule has 1 aliphatic heterocycles. The Morgan fingerprint density at radius 3 is 2.60 bits per heavy atom. The van der Waals surface area contributed by atoms with Crippen LogP contribution in [0.2, 0.25) is 0 Å². The second-order valence-corrected chi connectivity index (χ2v) is 9.52. The maximum Gasteiger partial charge on any atom is 0.264 e. The van der Waals surface area contributed by atoms with Gasteiger partial charge in [0, 0.05) is 5.56 Å². The number of carbonyl (C=O) groups excluding carboxylic acids is 1. The highest BCUT2D eigenvalue weighted by Gasteiger charge is 2.24. The Balaban J connectivity index is 1.55. The number of methoxy groups -OCH3 is 1. The van der Waals surface area contributed by atoms with Gasteiger partial charge in [-0.05, 0) is 95.4 Å². The minimum absolute atomic E-state index is 0.0760. The lowest BCUT2D eigenvalue weighted by Crippen LogP contribution is -2.19. The van der Waals surface area contributed by atoms with Crippen LogP contribution in [-0.4, -0.2) is 24.8 Å². The van der Waals surface area contributed by atoms with E-state index in [1.54, 1.807) is 31.4 Å². The van der Waals surface area contributed by atoms with Crippen LogP contribution in [0.5, 0.6) is 17.2 Å². The summed E-state index contributed by atoms with van der Waals surface area (Å²) >= 11 is 3.41. The molecule has 0 radical (unpaired) electrons. The first-order valence-corrected chi connectivity index (χ1v) is 12.6. The molecule has 6 nitrogen and oxygen atoms in total. The molecule has 0 spiro atoms. The number of nitrogens with zero attached hydrogens (tertiary/aromatic N) is 1. The number of aliphatic imine (C=N–C) groups is 1. The third-order valence-electron chi connectivity index (χ3n) is 4.91. The highest BCUT2D eigenvalue weighted by atomic mass is 127. The Labute approximate surface area is 220 Å². The number of amidine groups is 1. The highest BCUT2D eigenvalue weighted by molar-refractivity contribution is 14.1. The van der Waals surface area contributed by atoms with Crippen molar-refractivity contribution in [3.05, 3.63) is 86.1 Å². The summed E-state index contributed by atoms with van der Waals surface area (Å²) in [7, 11) is 1.60. The van der Waals surface area contributed by atoms with Crippen LogP contribution in [0.3, 0.4) is 0 Å². The van der Waals surface area contributed by atoms with Crippen molar-refractivity contribution in [2.75, 3.05) is 13.7 Å². The first-order valence-electron chi connectivity index (χ1n) is 10.7. The number of thioether (sulfide) groups is 1. The first-order chi connectivity index (χ1) is 17.0. The van der Waals surface area contributed by atoms with Crippen LogP contribution >= 0.6 is 34.4 Å². The summed E-state index contributed by atoms with van der Waals surface area (Å²) in [6.45, 7) is 2.38. The number of halogens is 2. The van der Waals surface area contributed by atoms with Crippen LogP contribution < -0.4 is 19.5 Å². The SMILES string of the molecule is CCOc1cc(/C=C2/SC(=Nc3ccc(OC)cc3)NC2=O)cc(I)c1OCc1ccccc1F. The van der Waals surface area contributed by atoms with Crippen molar-refractivity contribution in [2.45, 2.75) is 13.5 Å². The summed E-state index contributed by atoms with van der Waals surface area (Å²) in [6.07, 6.45) is 1.78. The van der Waals surface area contributed by atoms with E-state index in [-0.39, 0.29) is 18.3 Å².